The Morgan fingerprint density at radius 1 is 0.909 bits per heavy atom. The molecule has 22 heavy (non-hydrogen) atoms. The molecule has 0 saturated carbocycles. The molecule has 0 N–H and O–H groups in total. The van der Waals surface area contributed by atoms with E-state index < -0.39 is 0 Å². The Morgan fingerprint density at radius 2 is 1.82 bits per heavy atom. The molecular weight excluding hydrogens is 275 g/mol. The van der Waals surface area contributed by atoms with Crippen molar-refractivity contribution in [3.8, 4) is 16.8 Å². The van der Waals surface area contributed by atoms with Crippen LogP contribution in [0.2, 0.25) is 0 Å². The lowest BCUT2D eigenvalue weighted by molar-refractivity contribution is 0.631. The van der Waals surface area contributed by atoms with E-state index >= 15 is 0 Å². The van der Waals surface area contributed by atoms with E-state index in [1.54, 1.807) is 18.3 Å². The Labute approximate surface area is 127 Å². The quantitative estimate of drug-likeness (QED) is 0.516. The van der Waals surface area contributed by atoms with Crippen molar-refractivity contribution in [2.75, 3.05) is 0 Å². The molecule has 4 aromatic rings. The van der Waals surface area contributed by atoms with Gasteiger partial charge in [0.15, 0.2) is 0 Å². The molecule has 0 spiro atoms. The zero-order valence-corrected chi connectivity index (χ0v) is 11.8. The summed E-state index contributed by atoms with van der Waals surface area (Å²) in [5.74, 6) is -0.200. The van der Waals surface area contributed by atoms with Crippen LogP contribution in [0.5, 0.6) is 0 Å². The average molecular weight is 288 g/mol. The van der Waals surface area contributed by atoms with E-state index in [0.29, 0.717) is 5.56 Å². The molecule has 0 fully saturated rings. The summed E-state index contributed by atoms with van der Waals surface area (Å²) >= 11 is 0. The van der Waals surface area contributed by atoms with Crippen molar-refractivity contribution < 1.29 is 4.39 Å². The lowest BCUT2D eigenvalue weighted by Crippen LogP contribution is -1.92. The number of fused-ring (bicyclic) bond motifs is 1. The second kappa shape index (κ2) is 5.11. The molecule has 2 nitrogen and oxygen atoms in total. The number of hydrogen-bond acceptors (Lipinski definition) is 1. The van der Waals surface area contributed by atoms with Crippen molar-refractivity contribution in [3.63, 3.8) is 0 Å². The first kappa shape index (κ1) is 12.8. The zero-order chi connectivity index (χ0) is 14.9. The van der Waals surface area contributed by atoms with Crippen LogP contribution in [0.15, 0.2) is 79.3 Å². The zero-order valence-electron chi connectivity index (χ0n) is 11.8. The monoisotopic (exact) mass is 288 g/mol. The molecule has 0 atom stereocenters. The molecule has 106 valence electrons. The minimum absolute atomic E-state index is 0.200. The van der Waals surface area contributed by atoms with E-state index in [1.165, 1.54) is 6.07 Å². The minimum Gasteiger partial charge on any atom is -0.315 e. The fraction of sp³-hybridized carbons (Fsp3) is 0. The van der Waals surface area contributed by atoms with Gasteiger partial charge in [0.1, 0.15) is 5.82 Å². The van der Waals surface area contributed by atoms with E-state index in [0.717, 1.165) is 22.2 Å². The van der Waals surface area contributed by atoms with Crippen LogP contribution in [-0.2, 0) is 0 Å². The van der Waals surface area contributed by atoms with E-state index in [2.05, 4.69) is 9.55 Å². The predicted molar refractivity (Wildman–Crippen MR) is 86.5 cm³/mol. The summed E-state index contributed by atoms with van der Waals surface area (Å²) in [6, 6.07) is 18.8. The largest absolute Gasteiger partial charge is 0.315 e. The standard InChI is InChI=1S/C19H13FN2/c20-18-6-2-1-5-17(18)14-7-8-19-15(12-14)9-11-22(19)16-4-3-10-21-13-16/h1-13H. The maximum atomic E-state index is 13.9. The number of benzene rings is 2. The molecule has 3 heteroatoms. The van der Waals surface area contributed by atoms with Gasteiger partial charge < -0.3 is 4.57 Å². The minimum atomic E-state index is -0.200. The van der Waals surface area contributed by atoms with Crippen molar-refractivity contribution in [2.45, 2.75) is 0 Å². The van der Waals surface area contributed by atoms with Crippen molar-refractivity contribution in [1.82, 2.24) is 9.55 Å². The van der Waals surface area contributed by atoms with Crippen LogP contribution in [0.3, 0.4) is 0 Å². The lowest BCUT2D eigenvalue weighted by Gasteiger charge is -2.07. The fourth-order valence-electron chi connectivity index (χ4n) is 2.73. The number of pyridine rings is 1. The van der Waals surface area contributed by atoms with Crippen molar-refractivity contribution in [1.29, 1.82) is 0 Å². The van der Waals surface area contributed by atoms with Gasteiger partial charge in [0.05, 0.1) is 17.4 Å². The van der Waals surface area contributed by atoms with Gasteiger partial charge in [-0.15, -0.1) is 0 Å². The molecule has 0 aliphatic carbocycles. The summed E-state index contributed by atoms with van der Waals surface area (Å²) in [6.07, 6.45) is 5.59. The molecule has 0 amide bonds. The van der Waals surface area contributed by atoms with Gasteiger partial charge in [-0.2, -0.15) is 0 Å². The average Bonchev–Trinajstić information content (AvgIpc) is 2.99. The maximum absolute atomic E-state index is 13.9. The van der Waals surface area contributed by atoms with Gasteiger partial charge in [-0.3, -0.25) is 4.98 Å². The third-order valence-electron chi connectivity index (χ3n) is 3.80. The Morgan fingerprint density at radius 3 is 2.64 bits per heavy atom. The Balaban J connectivity index is 1.86. The number of hydrogen-bond donors (Lipinski definition) is 0. The Hall–Kier alpha value is -2.94. The second-order valence-electron chi connectivity index (χ2n) is 5.15. The molecule has 0 saturated heterocycles. The molecular formula is C19H13FN2. The molecule has 2 aromatic heterocycles. The van der Waals surface area contributed by atoms with Crippen LogP contribution >= 0.6 is 0 Å². The summed E-state index contributed by atoms with van der Waals surface area (Å²) in [7, 11) is 0. The van der Waals surface area contributed by atoms with Gasteiger partial charge in [-0.25, -0.2) is 4.39 Å². The molecule has 0 unspecified atom stereocenters. The van der Waals surface area contributed by atoms with Gasteiger partial charge in [0.25, 0.3) is 0 Å². The van der Waals surface area contributed by atoms with E-state index in [4.69, 9.17) is 0 Å². The van der Waals surface area contributed by atoms with E-state index in [1.807, 2.05) is 54.9 Å². The van der Waals surface area contributed by atoms with Gasteiger partial charge in [-0.05, 0) is 42.0 Å². The molecule has 0 aliphatic heterocycles. The first-order valence-electron chi connectivity index (χ1n) is 7.09. The van der Waals surface area contributed by atoms with Crippen LogP contribution in [-0.4, -0.2) is 9.55 Å². The Kier molecular flexibility index (Phi) is 2.97. The third-order valence-corrected chi connectivity index (χ3v) is 3.80. The molecule has 2 heterocycles. The smallest absolute Gasteiger partial charge is 0.131 e. The summed E-state index contributed by atoms with van der Waals surface area (Å²) < 4.78 is 16.0. The maximum Gasteiger partial charge on any atom is 0.131 e. The predicted octanol–water partition coefficient (Wildman–Crippen LogP) is 4.83. The highest BCUT2D eigenvalue weighted by molar-refractivity contribution is 5.87. The SMILES string of the molecule is Fc1ccccc1-c1ccc2c(ccn2-c2cccnc2)c1. The third kappa shape index (κ3) is 2.07. The molecule has 2 aromatic carbocycles. The lowest BCUT2D eigenvalue weighted by atomic mass is 10.0. The second-order valence-corrected chi connectivity index (χ2v) is 5.15. The fourth-order valence-corrected chi connectivity index (χ4v) is 2.73. The first-order valence-corrected chi connectivity index (χ1v) is 7.09. The molecule has 0 bridgehead atoms. The molecule has 4 rings (SSSR count). The molecule has 0 radical (unpaired) electrons. The number of halogens is 1. The highest BCUT2D eigenvalue weighted by Gasteiger charge is 2.07. The molecule has 0 aliphatic rings. The number of nitrogens with zero attached hydrogens (tertiary/aromatic N) is 2. The van der Waals surface area contributed by atoms with E-state index in [9.17, 15) is 4.39 Å². The van der Waals surface area contributed by atoms with Crippen LogP contribution < -0.4 is 0 Å². The first-order chi connectivity index (χ1) is 10.8. The van der Waals surface area contributed by atoms with Crippen molar-refractivity contribution in [2.24, 2.45) is 0 Å². The summed E-state index contributed by atoms with van der Waals surface area (Å²) in [6.45, 7) is 0. The summed E-state index contributed by atoms with van der Waals surface area (Å²) in [4.78, 5) is 4.15. The van der Waals surface area contributed by atoms with Crippen LogP contribution in [0, 0.1) is 5.82 Å². The van der Waals surface area contributed by atoms with Crippen LogP contribution in [0.1, 0.15) is 0 Å². The highest BCUT2D eigenvalue weighted by Crippen LogP contribution is 2.28. The van der Waals surface area contributed by atoms with Crippen LogP contribution in [0.4, 0.5) is 4.39 Å². The van der Waals surface area contributed by atoms with Crippen molar-refractivity contribution >= 4 is 10.9 Å². The number of aromatic nitrogens is 2. The van der Waals surface area contributed by atoms with Crippen molar-refractivity contribution in [3.05, 3.63) is 85.1 Å². The summed E-state index contributed by atoms with van der Waals surface area (Å²) in [5, 5.41) is 1.07. The highest BCUT2D eigenvalue weighted by atomic mass is 19.1. The van der Waals surface area contributed by atoms with E-state index in [-0.39, 0.29) is 5.82 Å². The summed E-state index contributed by atoms with van der Waals surface area (Å²) in [5.41, 5.74) is 3.59. The topological polar surface area (TPSA) is 17.8 Å². The number of rotatable bonds is 2. The van der Waals surface area contributed by atoms with Gasteiger partial charge in [0.2, 0.25) is 0 Å². The van der Waals surface area contributed by atoms with Gasteiger partial charge >= 0.3 is 0 Å². The Bertz CT molecular complexity index is 942. The van der Waals surface area contributed by atoms with Crippen LogP contribution in [0.25, 0.3) is 27.7 Å². The van der Waals surface area contributed by atoms with Gasteiger partial charge in [0, 0.05) is 23.3 Å². The normalized spacial score (nSPS) is 11.0. The van der Waals surface area contributed by atoms with Gasteiger partial charge in [-0.1, -0.05) is 24.3 Å².